The van der Waals surface area contributed by atoms with Crippen LogP contribution in [0.3, 0.4) is 0 Å². The number of hydrogen-bond donors (Lipinski definition) is 1. The SMILES string of the molecule is CCN(CC)C(=O)[C@@H]1C=C2c3cccc4[nH]cc(c34)C[C@H]2N(Cc2cnco2)C1. The van der Waals surface area contributed by atoms with E-state index in [0.717, 1.165) is 30.8 Å². The van der Waals surface area contributed by atoms with Gasteiger partial charge in [-0.3, -0.25) is 9.69 Å². The summed E-state index contributed by atoms with van der Waals surface area (Å²) in [6, 6.07) is 6.64. The quantitative estimate of drug-likeness (QED) is 0.725. The predicted octanol–water partition coefficient (Wildman–Crippen LogP) is 3.46. The largest absolute Gasteiger partial charge is 0.447 e. The standard InChI is InChI=1S/C23H26N4O2/c1-3-26(4-2)23(28)16-8-19-18-6-5-7-20-22(18)15(10-25-20)9-21(19)27(12-16)13-17-11-24-14-29-17/h5-8,10-11,14,16,21,25H,3-4,9,12-13H2,1-2H3/t16-,21-/m1/s1. The molecule has 2 atom stereocenters. The van der Waals surface area contributed by atoms with Crippen LogP contribution < -0.4 is 0 Å². The second-order valence-corrected chi connectivity index (χ2v) is 7.90. The molecule has 29 heavy (non-hydrogen) atoms. The second kappa shape index (κ2) is 7.19. The summed E-state index contributed by atoms with van der Waals surface area (Å²) in [5.41, 5.74) is 5.01. The van der Waals surface area contributed by atoms with Crippen LogP contribution in [0.1, 0.15) is 30.7 Å². The van der Waals surface area contributed by atoms with Crippen molar-refractivity contribution in [3.63, 3.8) is 0 Å². The molecule has 0 unspecified atom stereocenters. The van der Waals surface area contributed by atoms with Gasteiger partial charge in [0, 0.05) is 42.8 Å². The lowest BCUT2D eigenvalue weighted by molar-refractivity contribution is -0.134. The third-order valence-electron chi connectivity index (χ3n) is 6.36. The molecule has 150 valence electrons. The van der Waals surface area contributed by atoms with Gasteiger partial charge in [0.1, 0.15) is 5.76 Å². The molecule has 0 spiro atoms. The van der Waals surface area contributed by atoms with E-state index in [0.29, 0.717) is 13.1 Å². The van der Waals surface area contributed by atoms with Crippen molar-refractivity contribution >= 4 is 22.4 Å². The fourth-order valence-electron chi connectivity index (χ4n) is 4.95. The highest BCUT2D eigenvalue weighted by atomic mass is 16.3. The Kier molecular flexibility index (Phi) is 4.51. The zero-order valence-corrected chi connectivity index (χ0v) is 16.9. The number of nitrogens with zero attached hydrogens (tertiary/aromatic N) is 3. The van der Waals surface area contributed by atoms with Crippen LogP contribution in [-0.4, -0.2) is 51.4 Å². The number of carbonyl (C=O) groups excluding carboxylic acids is 1. The molecule has 6 nitrogen and oxygen atoms in total. The molecule has 6 heteroatoms. The Hall–Kier alpha value is -2.86. The summed E-state index contributed by atoms with van der Waals surface area (Å²) in [5, 5.41) is 1.30. The van der Waals surface area contributed by atoms with Gasteiger partial charge >= 0.3 is 0 Å². The average Bonchev–Trinajstić information content (AvgIpc) is 3.40. The van der Waals surface area contributed by atoms with Crippen LogP contribution in [0.2, 0.25) is 0 Å². The lowest BCUT2D eigenvalue weighted by atomic mass is 9.79. The number of H-pyrrole nitrogens is 1. The Labute approximate surface area is 170 Å². The molecule has 3 heterocycles. The van der Waals surface area contributed by atoms with Crippen molar-refractivity contribution in [2.75, 3.05) is 19.6 Å². The molecule has 2 aromatic heterocycles. The van der Waals surface area contributed by atoms with E-state index in [9.17, 15) is 4.79 Å². The topological polar surface area (TPSA) is 65.4 Å². The molecule has 1 N–H and O–H groups in total. The Bertz CT molecular complexity index is 1060. The number of carbonyl (C=O) groups is 1. The van der Waals surface area contributed by atoms with E-state index in [-0.39, 0.29) is 17.9 Å². The Morgan fingerprint density at radius 2 is 2.21 bits per heavy atom. The van der Waals surface area contributed by atoms with E-state index < -0.39 is 0 Å². The molecule has 0 fully saturated rings. The van der Waals surface area contributed by atoms with Crippen LogP contribution in [0, 0.1) is 5.92 Å². The predicted molar refractivity (Wildman–Crippen MR) is 112 cm³/mol. The normalized spacial score (nSPS) is 21.1. The van der Waals surface area contributed by atoms with Gasteiger partial charge in [0.25, 0.3) is 0 Å². The molecule has 1 aliphatic carbocycles. The van der Waals surface area contributed by atoms with E-state index in [1.807, 2.05) is 18.7 Å². The molecule has 2 aliphatic rings. The molecule has 1 aliphatic heterocycles. The van der Waals surface area contributed by atoms with Crippen molar-refractivity contribution < 1.29 is 9.21 Å². The second-order valence-electron chi connectivity index (χ2n) is 7.90. The number of nitrogens with one attached hydrogen (secondary N) is 1. The summed E-state index contributed by atoms with van der Waals surface area (Å²) in [5.74, 6) is 0.883. The Morgan fingerprint density at radius 3 is 2.97 bits per heavy atom. The summed E-state index contributed by atoms with van der Waals surface area (Å²) < 4.78 is 5.54. The first-order chi connectivity index (χ1) is 14.2. The van der Waals surface area contributed by atoms with Gasteiger partial charge in [-0.15, -0.1) is 0 Å². The maximum atomic E-state index is 13.2. The number of aromatic amines is 1. The number of aromatic nitrogens is 2. The summed E-state index contributed by atoms with van der Waals surface area (Å²) in [7, 11) is 0. The summed E-state index contributed by atoms with van der Waals surface area (Å²) in [6.45, 7) is 6.90. The fourth-order valence-corrected chi connectivity index (χ4v) is 4.95. The van der Waals surface area contributed by atoms with Crippen molar-refractivity contribution in [1.82, 2.24) is 19.8 Å². The number of oxazole rings is 1. The Balaban J connectivity index is 1.59. The van der Waals surface area contributed by atoms with Gasteiger partial charge in [0.05, 0.1) is 18.7 Å². The number of fused-ring (bicyclic) bond motifs is 2. The zero-order valence-electron chi connectivity index (χ0n) is 16.9. The van der Waals surface area contributed by atoms with E-state index in [4.69, 9.17) is 4.42 Å². The van der Waals surface area contributed by atoms with Crippen LogP contribution in [0.25, 0.3) is 16.5 Å². The number of benzene rings is 1. The van der Waals surface area contributed by atoms with Crippen LogP contribution in [0.5, 0.6) is 0 Å². The fraction of sp³-hybridized carbons (Fsp3) is 0.391. The van der Waals surface area contributed by atoms with Crippen molar-refractivity contribution in [2.45, 2.75) is 32.9 Å². The first kappa shape index (κ1) is 18.2. The summed E-state index contributed by atoms with van der Waals surface area (Å²) in [6.07, 6.45) is 8.53. The lowest BCUT2D eigenvalue weighted by Gasteiger charge is -2.42. The minimum Gasteiger partial charge on any atom is -0.447 e. The van der Waals surface area contributed by atoms with E-state index in [1.165, 1.54) is 28.5 Å². The van der Waals surface area contributed by atoms with E-state index >= 15 is 0 Å². The highest BCUT2D eigenvalue weighted by molar-refractivity contribution is 5.99. The van der Waals surface area contributed by atoms with Gasteiger partial charge < -0.3 is 14.3 Å². The van der Waals surface area contributed by atoms with Gasteiger partial charge in [-0.2, -0.15) is 0 Å². The van der Waals surface area contributed by atoms with Gasteiger partial charge in [0.2, 0.25) is 5.91 Å². The van der Waals surface area contributed by atoms with Gasteiger partial charge in [0.15, 0.2) is 6.39 Å². The number of rotatable bonds is 5. The minimum absolute atomic E-state index is 0.153. The summed E-state index contributed by atoms with van der Waals surface area (Å²) >= 11 is 0. The molecule has 3 aromatic rings. The maximum Gasteiger partial charge on any atom is 0.230 e. The summed E-state index contributed by atoms with van der Waals surface area (Å²) in [4.78, 5) is 25.0. The third kappa shape index (κ3) is 2.99. The van der Waals surface area contributed by atoms with E-state index in [1.54, 1.807) is 6.20 Å². The zero-order chi connectivity index (χ0) is 20.0. The lowest BCUT2D eigenvalue weighted by Crippen LogP contribution is -2.48. The minimum atomic E-state index is -0.153. The molecule has 0 saturated heterocycles. The van der Waals surface area contributed by atoms with Crippen LogP contribution in [-0.2, 0) is 17.8 Å². The first-order valence-corrected chi connectivity index (χ1v) is 10.4. The highest BCUT2D eigenvalue weighted by Crippen LogP contribution is 2.41. The molecule has 5 rings (SSSR count). The molecular weight excluding hydrogens is 364 g/mol. The van der Waals surface area contributed by atoms with Crippen molar-refractivity contribution in [2.24, 2.45) is 5.92 Å². The van der Waals surface area contributed by atoms with E-state index in [2.05, 4.69) is 45.3 Å². The molecular formula is C23H26N4O2. The monoisotopic (exact) mass is 390 g/mol. The van der Waals surface area contributed by atoms with Crippen LogP contribution >= 0.6 is 0 Å². The third-order valence-corrected chi connectivity index (χ3v) is 6.36. The highest BCUT2D eigenvalue weighted by Gasteiger charge is 2.38. The van der Waals surface area contributed by atoms with Crippen molar-refractivity contribution in [3.05, 3.63) is 59.9 Å². The molecule has 1 amide bonds. The average molecular weight is 390 g/mol. The molecule has 1 aromatic carbocycles. The van der Waals surface area contributed by atoms with Gasteiger partial charge in [-0.05, 0) is 43.0 Å². The van der Waals surface area contributed by atoms with Crippen LogP contribution in [0.4, 0.5) is 0 Å². The van der Waals surface area contributed by atoms with Crippen molar-refractivity contribution in [1.29, 1.82) is 0 Å². The molecule has 0 saturated carbocycles. The van der Waals surface area contributed by atoms with Gasteiger partial charge in [-0.25, -0.2) is 4.98 Å². The van der Waals surface area contributed by atoms with Crippen molar-refractivity contribution in [3.8, 4) is 0 Å². The number of hydrogen-bond acceptors (Lipinski definition) is 4. The molecule has 0 bridgehead atoms. The van der Waals surface area contributed by atoms with Crippen LogP contribution in [0.15, 0.2) is 47.5 Å². The number of amides is 1. The first-order valence-electron chi connectivity index (χ1n) is 10.4. The van der Waals surface area contributed by atoms with Gasteiger partial charge in [-0.1, -0.05) is 18.2 Å². The maximum absolute atomic E-state index is 13.2. The molecule has 0 radical (unpaired) electrons. The smallest absolute Gasteiger partial charge is 0.230 e. The Morgan fingerprint density at radius 1 is 1.34 bits per heavy atom.